The Morgan fingerprint density at radius 1 is 1.26 bits per heavy atom. The second-order valence-electron chi connectivity index (χ2n) is 4.47. The Hall–Kier alpha value is -1.04. The average molecular weight is 337 g/mol. The third kappa shape index (κ3) is 2.94. The van der Waals surface area contributed by atoms with Gasteiger partial charge in [0.1, 0.15) is 0 Å². The van der Waals surface area contributed by atoms with Gasteiger partial charge in [-0.05, 0) is 35.0 Å². The summed E-state index contributed by atoms with van der Waals surface area (Å²) in [5, 5.41) is 8.40. The number of carbonyl (C=O) groups is 1. The van der Waals surface area contributed by atoms with Gasteiger partial charge in [0.15, 0.2) is 0 Å². The maximum Gasteiger partial charge on any atom is 0.242 e. The molecule has 1 fully saturated rings. The zero-order valence-electron chi connectivity index (χ0n) is 10.2. The van der Waals surface area contributed by atoms with E-state index in [0.717, 1.165) is 32.6 Å². The Morgan fingerprint density at radius 3 is 2.84 bits per heavy atom. The first-order valence-electron chi connectivity index (χ1n) is 6.04. The van der Waals surface area contributed by atoms with E-state index in [1.54, 1.807) is 11.8 Å². The molecule has 0 bridgehead atoms. The quantitative estimate of drug-likeness (QED) is 0.884. The van der Waals surface area contributed by atoms with Gasteiger partial charge in [0, 0.05) is 21.8 Å². The van der Waals surface area contributed by atoms with Crippen LogP contribution in [0.4, 0.5) is 5.69 Å². The molecular weight excluding hydrogens is 324 g/mol. The van der Waals surface area contributed by atoms with Crippen molar-refractivity contribution in [1.82, 2.24) is 5.32 Å². The van der Waals surface area contributed by atoms with Crippen LogP contribution in [0.5, 0.6) is 0 Å². The Kier molecular flexibility index (Phi) is 3.77. The van der Waals surface area contributed by atoms with Crippen molar-refractivity contribution in [1.29, 1.82) is 0 Å². The molecule has 2 N–H and O–H groups in total. The molecule has 1 unspecified atom stereocenters. The molecule has 0 spiro atoms. The number of hydrogen-bond acceptors (Lipinski definition) is 3. The maximum atomic E-state index is 12.0. The van der Waals surface area contributed by atoms with E-state index in [-0.39, 0.29) is 11.9 Å². The highest BCUT2D eigenvalue weighted by Gasteiger charge is 2.22. The van der Waals surface area contributed by atoms with E-state index in [2.05, 4.69) is 32.6 Å². The van der Waals surface area contributed by atoms with Gasteiger partial charge < -0.3 is 5.32 Å². The molecule has 1 aliphatic heterocycles. The van der Waals surface area contributed by atoms with Crippen molar-refractivity contribution < 1.29 is 4.79 Å². The van der Waals surface area contributed by atoms with Gasteiger partial charge in [0.05, 0.1) is 6.04 Å². The summed E-state index contributed by atoms with van der Waals surface area (Å²) in [6.07, 6.45) is 0. The second-order valence-corrected chi connectivity index (χ2v) is 6.41. The number of nitrogens with one attached hydrogen (secondary N) is 2. The fourth-order valence-corrected chi connectivity index (χ4v) is 3.41. The number of rotatable bonds is 2. The summed E-state index contributed by atoms with van der Waals surface area (Å²) in [7, 11) is 0. The number of fused-ring (bicyclic) bond motifs is 1. The van der Waals surface area contributed by atoms with E-state index in [1.807, 2.05) is 30.3 Å². The van der Waals surface area contributed by atoms with Gasteiger partial charge in [0.25, 0.3) is 0 Å². The van der Waals surface area contributed by atoms with Gasteiger partial charge in [0.2, 0.25) is 5.91 Å². The predicted octanol–water partition coefficient (Wildman–Crippen LogP) is 3.20. The summed E-state index contributed by atoms with van der Waals surface area (Å²) in [6, 6.07) is 12.0. The fraction of sp³-hybridized carbons (Fsp3) is 0.214. The van der Waals surface area contributed by atoms with E-state index in [1.165, 1.54) is 0 Å². The summed E-state index contributed by atoms with van der Waals surface area (Å²) < 4.78 is 1.06. The van der Waals surface area contributed by atoms with Crippen molar-refractivity contribution in [2.24, 2.45) is 0 Å². The van der Waals surface area contributed by atoms with Gasteiger partial charge in [-0.15, -0.1) is 11.8 Å². The van der Waals surface area contributed by atoms with Crippen LogP contribution in [0.15, 0.2) is 40.9 Å². The van der Waals surface area contributed by atoms with Crippen molar-refractivity contribution in [3.05, 3.63) is 40.9 Å². The summed E-state index contributed by atoms with van der Waals surface area (Å²) in [6.45, 7) is 0. The van der Waals surface area contributed by atoms with Crippen LogP contribution in [0, 0.1) is 0 Å². The van der Waals surface area contributed by atoms with Crippen LogP contribution >= 0.6 is 27.7 Å². The van der Waals surface area contributed by atoms with Crippen LogP contribution in [0.25, 0.3) is 10.8 Å². The number of carbonyl (C=O) groups excluding carboxylic acids is 1. The van der Waals surface area contributed by atoms with Crippen LogP contribution in [0.2, 0.25) is 0 Å². The first-order valence-corrected chi connectivity index (χ1v) is 7.98. The number of anilines is 1. The molecular formula is C14H13BrN2OS. The summed E-state index contributed by atoms with van der Waals surface area (Å²) in [5.41, 5.74) is 0.846. The molecule has 1 atom stereocenters. The van der Waals surface area contributed by atoms with Crippen LogP contribution in [-0.2, 0) is 4.79 Å². The van der Waals surface area contributed by atoms with Crippen LogP contribution in [0.3, 0.4) is 0 Å². The Balaban J connectivity index is 1.81. The lowest BCUT2D eigenvalue weighted by Crippen LogP contribution is -2.37. The molecule has 19 heavy (non-hydrogen) atoms. The summed E-state index contributed by atoms with van der Waals surface area (Å²) in [5.74, 6) is 1.73. The van der Waals surface area contributed by atoms with Gasteiger partial charge in [-0.1, -0.05) is 28.1 Å². The fourth-order valence-electron chi connectivity index (χ4n) is 2.09. The van der Waals surface area contributed by atoms with Crippen molar-refractivity contribution in [3.8, 4) is 0 Å². The number of hydrogen-bond donors (Lipinski definition) is 2. The molecule has 1 saturated heterocycles. The van der Waals surface area contributed by atoms with E-state index < -0.39 is 0 Å². The molecule has 3 nitrogen and oxygen atoms in total. The average Bonchev–Trinajstić information content (AvgIpc) is 2.93. The van der Waals surface area contributed by atoms with Crippen LogP contribution in [0.1, 0.15) is 0 Å². The first-order chi connectivity index (χ1) is 9.22. The van der Waals surface area contributed by atoms with E-state index in [4.69, 9.17) is 0 Å². The minimum absolute atomic E-state index is 0.0430. The normalized spacial score (nSPS) is 18.7. The molecule has 98 valence electrons. The number of benzene rings is 2. The minimum Gasteiger partial charge on any atom is -0.325 e. The topological polar surface area (TPSA) is 41.1 Å². The monoisotopic (exact) mass is 336 g/mol. The Bertz CT molecular complexity index is 626. The molecule has 0 saturated carbocycles. The van der Waals surface area contributed by atoms with Crippen LogP contribution < -0.4 is 10.6 Å². The number of halogens is 1. The summed E-state index contributed by atoms with van der Waals surface area (Å²) >= 11 is 5.20. The zero-order chi connectivity index (χ0) is 13.2. The molecule has 2 aromatic carbocycles. The maximum absolute atomic E-state index is 12.0. The molecule has 2 aromatic rings. The number of thioether (sulfide) groups is 1. The molecule has 0 aliphatic carbocycles. The van der Waals surface area contributed by atoms with E-state index in [0.29, 0.717) is 0 Å². The van der Waals surface area contributed by atoms with Crippen molar-refractivity contribution in [2.45, 2.75) is 6.04 Å². The SMILES string of the molecule is O=C(Nc1ccc2cc(Br)ccc2c1)C1CSCN1. The standard InChI is InChI=1S/C14H13BrN2OS/c15-11-3-1-10-6-12(4-2-9(10)5-11)17-14(18)13-7-19-8-16-13/h1-6,13,16H,7-8H2,(H,17,18). The Morgan fingerprint density at radius 2 is 2.05 bits per heavy atom. The van der Waals surface area contributed by atoms with Gasteiger partial charge in [-0.3, -0.25) is 10.1 Å². The first kappa shape index (κ1) is 13.0. The molecule has 1 aliphatic rings. The van der Waals surface area contributed by atoms with Crippen molar-refractivity contribution in [2.75, 3.05) is 16.9 Å². The highest BCUT2D eigenvalue weighted by molar-refractivity contribution is 9.10. The Labute approximate surface area is 124 Å². The zero-order valence-corrected chi connectivity index (χ0v) is 12.6. The largest absolute Gasteiger partial charge is 0.325 e. The summed E-state index contributed by atoms with van der Waals surface area (Å²) in [4.78, 5) is 12.0. The van der Waals surface area contributed by atoms with E-state index >= 15 is 0 Å². The lowest BCUT2D eigenvalue weighted by atomic mass is 10.1. The lowest BCUT2D eigenvalue weighted by molar-refractivity contribution is -0.117. The van der Waals surface area contributed by atoms with Gasteiger partial charge in [-0.25, -0.2) is 0 Å². The molecule has 3 rings (SSSR count). The molecule has 0 radical (unpaired) electrons. The minimum atomic E-state index is -0.0781. The highest BCUT2D eigenvalue weighted by atomic mass is 79.9. The van der Waals surface area contributed by atoms with Gasteiger partial charge >= 0.3 is 0 Å². The van der Waals surface area contributed by atoms with Gasteiger partial charge in [-0.2, -0.15) is 0 Å². The second kappa shape index (κ2) is 5.53. The molecule has 1 amide bonds. The highest BCUT2D eigenvalue weighted by Crippen LogP contribution is 2.23. The third-order valence-corrected chi connectivity index (χ3v) is 4.54. The molecule has 1 heterocycles. The van der Waals surface area contributed by atoms with Crippen molar-refractivity contribution >= 4 is 50.1 Å². The molecule has 0 aromatic heterocycles. The predicted molar refractivity (Wildman–Crippen MR) is 84.5 cm³/mol. The lowest BCUT2D eigenvalue weighted by Gasteiger charge is -2.11. The number of amides is 1. The van der Waals surface area contributed by atoms with Crippen LogP contribution in [-0.4, -0.2) is 23.6 Å². The van der Waals surface area contributed by atoms with Crippen molar-refractivity contribution in [3.63, 3.8) is 0 Å². The van der Waals surface area contributed by atoms with E-state index in [9.17, 15) is 4.79 Å². The molecule has 5 heteroatoms. The third-order valence-electron chi connectivity index (χ3n) is 3.10. The smallest absolute Gasteiger partial charge is 0.242 e.